The van der Waals surface area contributed by atoms with Crippen molar-refractivity contribution in [3.05, 3.63) is 41.2 Å². The maximum absolute atomic E-state index is 12.7. The van der Waals surface area contributed by atoms with E-state index in [0.29, 0.717) is 11.4 Å². The molecule has 0 saturated carbocycles. The molecule has 2 rings (SSSR count). The molecule has 0 radical (unpaired) electrons. The van der Waals surface area contributed by atoms with E-state index in [9.17, 15) is 13.2 Å². The molecule has 7 heteroatoms. The molecule has 0 aliphatic rings. The lowest BCUT2D eigenvalue weighted by Crippen LogP contribution is -2.17. The van der Waals surface area contributed by atoms with Crippen LogP contribution in [0.3, 0.4) is 0 Å². The lowest BCUT2D eigenvalue weighted by Gasteiger charge is -2.15. The standard InChI is InChI=1S/C14H16F3N3O/c1-9(2)12-18-13(21-19-12)20(3)8-10-5-4-6-11(7-10)14(15,16)17/h4-7,9H,8H2,1-3H3. The number of hydrogen-bond donors (Lipinski definition) is 0. The van der Waals surface area contributed by atoms with Crippen molar-refractivity contribution in [1.29, 1.82) is 0 Å². The molecule has 0 N–H and O–H groups in total. The van der Waals surface area contributed by atoms with E-state index in [0.717, 1.165) is 12.1 Å². The van der Waals surface area contributed by atoms with Crippen molar-refractivity contribution in [2.45, 2.75) is 32.5 Å². The molecule has 0 amide bonds. The molecule has 1 aromatic heterocycles. The largest absolute Gasteiger partial charge is 0.416 e. The number of rotatable bonds is 4. The van der Waals surface area contributed by atoms with Crippen LogP contribution in [0.2, 0.25) is 0 Å². The number of halogens is 3. The number of benzene rings is 1. The van der Waals surface area contributed by atoms with Crippen molar-refractivity contribution >= 4 is 6.01 Å². The summed E-state index contributed by atoms with van der Waals surface area (Å²) >= 11 is 0. The molecule has 0 spiro atoms. The van der Waals surface area contributed by atoms with Gasteiger partial charge in [0.1, 0.15) is 0 Å². The Bertz CT molecular complexity index is 608. The van der Waals surface area contributed by atoms with Crippen LogP contribution in [0.25, 0.3) is 0 Å². The normalized spacial score (nSPS) is 12.0. The van der Waals surface area contributed by atoms with Gasteiger partial charge in [0.2, 0.25) is 0 Å². The van der Waals surface area contributed by atoms with Gasteiger partial charge in [0.25, 0.3) is 0 Å². The van der Waals surface area contributed by atoms with Crippen LogP contribution < -0.4 is 4.90 Å². The Hall–Kier alpha value is -2.05. The zero-order valence-electron chi connectivity index (χ0n) is 12.0. The van der Waals surface area contributed by atoms with Gasteiger partial charge in [-0.1, -0.05) is 31.1 Å². The molecular weight excluding hydrogens is 283 g/mol. The Kier molecular flexibility index (Phi) is 4.20. The minimum atomic E-state index is -4.34. The van der Waals surface area contributed by atoms with Crippen molar-refractivity contribution in [2.24, 2.45) is 0 Å². The molecule has 21 heavy (non-hydrogen) atoms. The fraction of sp³-hybridized carbons (Fsp3) is 0.429. The van der Waals surface area contributed by atoms with E-state index in [2.05, 4.69) is 10.1 Å². The number of nitrogens with zero attached hydrogens (tertiary/aromatic N) is 3. The molecule has 114 valence electrons. The summed E-state index contributed by atoms with van der Waals surface area (Å²) in [5, 5.41) is 3.83. The highest BCUT2D eigenvalue weighted by atomic mass is 19.4. The van der Waals surface area contributed by atoms with Crippen LogP contribution in [0.4, 0.5) is 19.2 Å². The second-order valence-electron chi connectivity index (χ2n) is 5.14. The van der Waals surface area contributed by atoms with Crippen LogP contribution in [0.5, 0.6) is 0 Å². The van der Waals surface area contributed by atoms with Gasteiger partial charge in [-0.2, -0.15) is 18.2 Å². The summed E-state index contributed by atoms with van der Waals surface area (Å²) < 4.78 is 43.1. The number of alkyl halides is 3. The topological polar surface area (TPSA) is 42.2 Å². The van der Waals surface area contributed by atoms with E-state index in [1.165, 1.54) is 6.07 Å². The van der Waals surface area contributed by atoms with Crippen molar-refractivity contribution in [2.75, 3.05) is 11.9 Å². The molecule has 0 bridgehead atoms. The first kappa shape index (κ1) is 15.3. The van der Waals surface area contributed by atoms with Crippen molar-refractivity contribution in [3.63, 3.8) is 0 Å². The first-order chi connectivity index (χ1) is 9.77. The molecule has 4 nitrogen and oxygen atoms in total. The molecule has 0 saturated heterocycles. The van der Waals surface area contributed by atoms with Crippen LogP contribution in [-0.2, 0) is 12.7 Å². The van der Waals surface area contributed by atoms with E-state index >= 15 is 0 Å². The third-order valence-electron chi connectivity index (χ3n) is 2.95. The van der Waals surface area contributed by atoms with Gasteiger partial charge in [-0.3, -0.25) is 0 Å². The molecule has 0 atom stereocenters. The van der Waals surface area contributed by atoms with Crippen molar-refractivity contribution < 1.29 is 17.7 Å². The van der Waals surface area contributed by atoms with Gasteiger partial charge in [0, 0.05) is 19.5 Å². The zero-order chi connectivity index (χ0) is 15.6. The second kappa shape index (κ2) is 5.75. The summed E-state index contributed by atoms with van der Waals surface area (Å²) in [5.41, 5.74) is -0.140. The summed E-state index contributed by atoms with van der Waals surface area (Å²) in [6.07, 6.45) is -4.34. The van der Waals surface area contributed by atoms with E-state index in [1.54, 1.807) is 18.0 Å². The van der Waals surface area contributed by atoms with Gasteiger partial charge < -0.3 is 9.42 Å². The highest BCUT2D eigenvalue weighted by Gasteiger charge is 2.30. The van der Waals surface area contributed by atoms with Gasteiger partial charge >= 0.3 is 12.2 Å². The van der Waals surface area contributed by atoms with E-state index < -0.39 is 11.7 Å². The predicted octanol–water partition coefficient (Wildman–Crippen LogP) is 3.85. The molecule has 0 aliphatic carbocycles. The Morgan fingerprint density at radius 1 is 1.29 bits per heavy atom. The fourth-order valence-corrected chi connectivity index (χ4v) is 1.80. The first-order valence-electron chi connectivity index (χ1n) is 6.48. The van der Waals surface area contributed by atoms with Gasteiger partial charge in [-0.05, 0) is 17.7 Å². The van der Waals surface area contributed by atoms with Crippen molar-refractivity contribution in [1.82, 2.24) is 10.1 Å². The van der Waals surface area contributed by atoms with Gasteiger partial charge in [0.05, 0.1) is 5.56 Å². The van der Waals surface area contributed by atoms with E-state index in [1.807, 2.05) is 13.8 Å². The highest BCUT2D eigenvalue weighted by molar-refractivity contribution is 5.31. The molecule has 0 unspecified atom stereocenters. The van der Waals surface area contributed by atoms with Gasteiger partial charge in [-0.15, -0.1) is 0 Å². The van der Waals surface area contributed by atoms with E-state index in [-0.39, 0.29) is 18.5 Å². The quantitative estimate of drug-likeness (QED) is 0.860. The van der Waals surface area contributed by atoms with Crippen LogP contribution in [0, 0.1) is 0 Å². The second-order valence-corrected chi connectivity index (χ2v) is 5.14. The van der Waals surface area contributed by atoms with Gasteiger partial charge in [0.15, 0.2) is 5.82 Å². The average molecular weight is 299 g/mol. The molecule has 2 aromatic rings. The number of anilines is 1. The Balaban J connectivity index is 2.13. The average Bonchev–Trinajstić information content (AvgIpc) is 2.88. The zero-order valence-corrected chi connectivity index (χ0v) is 12.0. The Labute approximate surface area is 120 Å². The van der Waals surface area contributed by atoms with Crippen LogP contribution in [-0.4, -0.2) is 17.2 Å². The molecule has 1 heterocycles. The number of hydrogen-bond acceptors (Lipinski definition) is 4. The Morgan fingerprint density at radius 2 is 2.00 bits per heavy atom. The maximum atomic E-state index is 12.7. The predicted molar refractivity (Wildman–Crippen MR) is 71.9 cm³/mol. The monoisotopic (exact) mass is 299 g/mol. The summed E-state index contributed by atoms with van der Waals surface area (Å²) in [4.78, 5) is 5.82. The van der Waals surface area contributed by atoms with Gasteiger partial charge in [-0.25, -0.2) is 0 Å². The minimum absolute atomic E-state index is 0.129. The molecule has 0 aliphatic heterocycles. The summed E-state index contributed by atoms with van der Waals surface area (Å²) in [7, 11) is 1.69. The molecule has 1 aromatic carbocycles. The fourth-order valence-electron chi connectivity index (χ4n) is 1.80. The van der Waals surface area contributed by atoms with Crippen LogP contribution >= 0.6 is 0 Å². The SMILES string of the molecule is CC(C)c1noc(N(C)Cc2cccc(C(F)(F)F)c2)n1. The molecular formula is C14H16F3N3O. The Morgan fingerprint density at radius 3 is 2.57 bits per heavy atom. The first-order valence-corrected chi connectivity index (χ1v) is 6.48. The maximum Gasteiger partial charge on any atom is 0.416 e. The smallest absolute Gasteiger partial charge is 0.323 e. The lowest BCUT2D eigenvalue weighted by molar-refractivity contribution is -0.137. The summed E-state index contributed by atoms with van der Waals surface area (Å²) in [6, 6.07) is 5.48. The number of aromatic nitrogens is 2. The molecule has 0 fully saturated rings. The third kappa shape index (κ3) is 3.74. The van der Waals surface area contributed by atoms with E-state index in [4.69, 9.17) is 4.52 Å². The van der Waals surface area contributed by atoms with Crippen molar-refractivity contribution in [3.8, 4) is 0 Å². The minimum Gasteiger partial charge on any atom is -0.323 e. The van der Waals surface area contributed by atoms with Crippen LogP contribution in [0.15, 0.2) is 28.8 Å². The van der Waals surface area contributed by atoms with Crippen LogP contribution in [0.1, 0.15) is 36.7 Å². The summed E-state index contributed by atoms with van der Waals surface area (Å²) in [5.74, 6) is 0.699. The highest BCUT2D eigenvalue weighted by Crippen LogP contribution is 2.30. The third-order valence-corrected chi connectivity index (χ3v) is 2.95. The summed E-state index contributed by atoms with van der Waals surface area (Å²) in [6.45, 7) is 4.12. The lowest BCUT2D eigenvalue weighted by atomic mass is 10.1.